The monoisotopic (exact) mass is 329 g/mol. The quantitative estimate of drug-likeness (QED) is 0.524. The van der Waals surface area contributed by atoms with Crippen LogP contribution in [0.25, 0.3) is 33.3 Å². The smallest absolute Gasteiger partial charge is 0.227 e. The van der Waals surface area contributed by atoms with Crippen molar-refractivity contribution < 1.29 is 4.52 Å². The maximum Gasteiger partial charge on any atom is 0.227 e. The van der Waals surface area contributed by atoms with E-state index in [2.05, 4.69) is 25.1 Å². The topological polar surface area (TPSA) is 83.4 Å². The molecular formula is C19H15N5O. The lowest BCUT2D eigenvalue weighted by molar-refractivity contribution is 0.378. The summed E-state index contributed by atoms with van der Waals surface area (Å²) in [5.41, 5.74) is 4.03. The van der Waals surface area contributed by atoms with Crippen molar-refractivity contribution in [2.24, 2.45) is 0 Å². The Kier molecular flexibility index (Phi) is 3.13. The van der Waals surface area contributed by atoms with Crippen LogP contribution in [0.5, 0.6) is 0 Å². The van der Waals surface area contributed by atoms with E-state index in [4.69, 9.17) is 4.52 Å². The van der Waals surface area contributed by atoms with Crippen LogP contribution in [0.15, 0.2) is 59.3 Å². The number of aromatic nitrogens is 5. The van der Waals surface area contributed by atoms with Gasteiger partial charge in [-0.2, -0.15) is 4.98 Å². The van der Waals surface area contributed by atoms with E-state index in [1.165, 1.54) is 0 Å². The first kappa shape index (κ1) is 14.0. The van der Waals surface area contributed by atoms with Crippen LogP contribution in [0.2, 0.25) is 0 Å². The van der Waals surface area contributed by atoms with E-state index < -0.39 is 0 Å². The number of hydrogen-bond acceptors (Lipinski definition) is 4. The maximum atomic E-state index is 5.42. The van der Waals surface area contributed by atoms with E-state index in [1.54, 1.807) is 0 Å². The van der Waals surface area contributed by atoms with Gasteiger partial charge in [-0.1, -0.05) is 35.5 Å². The third-order valence-electron chi connectivity index (χ3n) is 4.31. The number of nitrogens with zero attached hydrogens (tertiary/aromatic N) is 3. The van der Waals surface area contributed by atoms with E-state index in [0.717, 1.165) is 39.7 Å². The predicted molar refractivity (Wildman–Crippen MR) is 95.1 cm³/mol. The molecule has 0 atom stereocenters. The van der Waals surface area contributed by atoms with Gasteiger partial charge in [0.15, 0.2) is 0 Å². The maximum absolute atomic E-state index is 5.42. The second kappa shape index (κ2) is 5.59. The van der Waals surface area contributed by atoms with Crippen LogP contribution in [-0.2, 0) is 12.8 Å². The van der Waals surface area contributed by atoms with Crippen molar-refractivity contribution in [1.29, 1.82) is 0 Å². The van der Waals surface area contributed by atoms with Gasteiger partial charge >= 0.3 is 0 Å². The third-order valence-corrected chi connectivity index (χ3v) is 4.31. The van der Waals surface area contributed by atoms with Crippen molar-refractivity contribution in [3.8, 4) is 11.4 Å². The largest absolute Gasteiger partial charge is 0.360 e. The molecule has 0 fully saturated rings. The number of aromatic amines is 2. The number of hydrogen-bond donors (Lipinski definition) is 2. The molecule has 6 heteroatoms. The van der Waals surface area contributed by atoms with Crippen molar-refractivity contribution in [2.45, 2.75) is 12.8 Å². The first-order chi connectivity index (χ1) is 12.4. The van der Waals surface area contributed by atoms with Crippen molar-refractivity contribution >= 4 is 21.9 Å². The van der Waals surface area contributed by atoms with Gasteiger partial charge in [0.2, 0.25) is 11.7 Å². The molecule has 3 aromatic heterocycles. The molecule has 0 bridgehead atoms. The Morgan fingerprint density at radius 1 is 0.880 bits per heavy atom. The van der Waals surface area contributed by atoms with E-state index in [-0.39, 0.29) is 0 Å². The van der Waals surface area contributed by atoms with Gasteiger partial charge in [0.25, 0.3) is 0 Å². The fourth-order valence-electron chi connectivity index (χ4n) is 3.07. The highest BCUT2D eigenvalue weighted by Gasteiger charge is 2.13. The number of para-hydroxylation sites is 3. The molecule has 0 aliphatic carbocycles. The highest BCUT2D eigenvalue weighted by atomic mass is 16.5. The van der Waals surface area contributed by atoms with Crippen LogP contribution in [0.4, 0.5) is 0 Å². The number of benzene rings is 2. The zero-order valence-electron chi connectivity index (χ0n) is 13.4. The van der Waals surface area contributed by atoms with Crippen LogP contribution in [0.3, 0.4) is 0 Å². The van der Waals surface area contributed by atoms with Crippen molar-refractivity contribution in [3.05, 3.63) is 66.4 Å². The fourth-order valence-corrected chi connectivity index (χ4v) is 3.07. The molecule has 25 heavy (non-hydrogen) atoms. The van der Waals surface area contributed by atoms with Gasteiger partial charge in [0.1, 0.15) is 5.82 Å². The number of H-pyrrole nitrogens is 2. The van der Waals surface area contributed by atoms with Gasteiger partial charge in [-0.05, 0) is 18.2 Å². The summed E-state index contributed by atoms with van der Waals surface area (Å²) in [6.45, 7) is 0. The molecule has 2 aromatic carbocycles. The molecule has 6 nitrogen and oxygen atoms in total. The summed E-state index contributed by atoms with van der Waals surface area (Å²) in [4.78, 5) is 15.7. The SMILES string of the molecule is c1ccc2[nH]c(CCc3nc(-c4c[nH]c5ccccc45)no3)nc2c1. The summed E-state index contributed by atoms with van der Waals surface area (Å²) in [7, 11) is 0. The van der Waals surface area contributed by atoms with E-state index in [1.807, 2.05) is 54.7 Å². The van der Waals surface area contributed by atoms with Crippen LogP contribution < -0.4 is 0 Å². The summed E-state index contributed by atoms with van der Waals surface area (Å²) in [5.74, 6) is 2.14. The zero-order valence-corrected chi connectivity index (χ0v) is 13.4. The molecule has 0 aliphatic rings. The van der Waals surface area contributed by atoms with Crippen molar-refractivity contribution in [3.63, 3.8) is 0 Å². The summed E-state index contributed by atoms with van der Waals surface area (Å²) in [5, 5.41) is 5.22. The molecule has 5 aromatic rings. The Bertz CT molecular complexity index is 1130. The molecule has 0 aliphatic heterocycles. The summed E-state index contributed by atoms with van der Waals surface area (Å²) >= 11 is 0. The Morgan fingerprint density at radius 3 is 2.64 bits per heavy atom. The highest BCUT2D eigenvalue weighted by molar-refractivity contribution is 5.93. The number of nitrogens with one attached hydrogen (secondary N) is 2. The lowest BCUT2D eigenvalue weighted by Crippen LogP contribution is -1.93. The number of imidazole rings is 1. The third kappa shape index (κ3) is 2.48. The molecule has 122 valence electrons. The first-order valence-electron chi connectivity index (χ1n) is 8.19. The van der Waals surface area contributed by atoms with Crippen molar-refractivity contribution in [1.82, 2.24) is 25.1 Å². The van der Waals surface area contributed by atoms with Crippen LogP contribution >= 0.6 is 0 Å². The van der Waals surface area contributed by atoms with Gasteiger partial charge in [0, 0.05) is 35.5 Å². The van der Waals surface area contributed by atoms with E-state index in [9.17, 15) is 0 Å². The minimum atomic E-state index is 0.608. The fraction of sp³-hybridized carbons (Fsp3) is 0.105. The molecule has 2 N–H and O–H groups in total. The van der Waals surface area contributed by atoms with Gasteiger partial charge in [-0.25, -0.2) is 4.98 Å². The first-order valence-corrected chi connectivity index (χ1v) is 8.19. The molecule has 0 radical (unpaired) electrons. The van der Waals surface area contributed by atoms with Gasteiger partial charge in [-0.15, -0.1) is 0 Å². The average molecular weight is 329 g/mol. The molecule has 0 saturated heterocycles. The van der Waals surface area contributed by atoms with E-state index in [0.29, 0.717) is 18.1 Å². The Balaban J connectivity index is 1.37. The Hall–Kier alpha value is -3.41. The average Bonchev–Trinajstić information content (AvgIpc) is 3.36. The summed E-state index contributed by atoms with van der Waals surface area (Å²) < 4.78 is 5.42. The van der Waals surface area contributed by atoms with Crippen molar-refractivity contribution in [2.75, 3.05) is 0 Å². The molecule has 3 heterocycles. The van der Waals surface area contributed by atoms with Crippen LogP contribution in [0.1, 0.15) is 11.7 Å². The summed E-state index contributed by atoms with van der Waals surface area (Å²) in [6.07, 6.45) is 3.29. The number of fused-ring (bicyclic) bond motifs is 2. The highest BCUT2D eigenvalue weighted by Crippen LogP contribution is 2.26. The minimum absolute atomic E-state index is 0.608. The van der Waals surface area contributed by atoms with Gasteiger partial charge in [0.05, 0.1) is 11.0 Å². The second-order valence-corrected chi connectivity index (χ2v) is 5.96. The lowest BCUT2D eigenvalue weighted by Gasteiger charge is -1.92. The number of rotatable bonds is 4. The van der Waals surface area contributed by atoms with Gasteiger partial charge in [-0.3, -0.25) is 0 Å². The predicted octanol–water partition coefficient (Wildman–Crippen LogP) is 3.88. The van der Waals surface area contributed by atoms with Crippen LogP contribution in [0, 0.1) is 0 Å². The lowest BCUT2D eigenvalue weighted by atomic mass is 10.2. The van der Waals surface area contributed by atoms with E-state index >= 15 is 0 Å². The van der Waals surface area contributed by atoms with Crippen LogP contribution in [-0.4, -0.2) is 25.1 Å². The molecular weight excluding hydrogens is 314 g/mol. The molecule has 0 amide bonds. The Morgan fingerprint density at radius 2 is 1.72 bits per heavy atom. The molecule has 0 unspecified atom stereocenters. The minimum Gasteiger partial charge on any atom is -0.360 e. The Labute approximate surface area is 142 Å². The second-order valence-electron chi connectivity index (χ2n) is 5.96. The number of aryl methyl sites for hydroxylation is 2. The standard InChI is InChI=1S/C19H15N5O/c1-2-6-14-12(5-1)13(11-20-14)19-23-18(25-24-19)10-9-17-21-15-7-3-4-8-16(15)22-17/h1-8,11,20H,9-10H2,(H,21,22). The normalized spacial score (nSPS) is 11.5. The molecule has 5 rings (SSSR count). The zero-order chi connectivity index (χ0) is 16.6. The van der Waals surface area contributed by atoms with Gasteiger partial charge < -0.3 is 14.5 Å². The molecule has 0 saturated carbocycles. The molecule has 0 spiro atoms. The summed E-state index contributed by atoms with van der Waals surface area (Å²) in [6, 6.07) is 16.1.